The maximum atomic E-state index is 12.0. The molecule has 2 aromatic carbocycles. The molecule has 0 aliphatic carbocycles. The molecule has 0 unspecified atom stereocenters. The van der Waals surface area contributed by atoms with E-state index < -0.39 is 21.5 Å². The molecule has 0 amide bonds. The number of carboxylic acids is 1. The molecular weight excluding hydrogens is 548 g/mol. The van der Waals surface area contributed by atoms with Crippen molar-refractivity contribution in [1.29, 1.82) is 0 Å². The van der Waals surface area contributed by atoms with Gasteiger partial charge in [-0.15, -0.1) is 0 Å². The molecule has 0 fully saturated rings. The predicted octanol–water partition coefficient (Wildman–Crippen LogP) is 7.30. The Labute approximate surface area is 251 Å². The van der Waals surface area contributed by atoms with Crippen molar-refractivity contribution in [3.63, 3.8) is 0 Å². The normalized spacial score (nSPS) is 18.3. The molecule has 2 aliphatic rings. The van der Waals surface area contributed by atoms with Crippen LogP contribution in [0.3, 0.4) is 0 Å². The number of fused-ring (bicyclic) bond motifs is 2. The predicted molar refractivity (Wildman–Crippen MR) is 169 cm³/mol. The lowest BCUT2D eigenvalue weighted by molar-refractivity contribution is -0.438. The third kappa shape index (κ3) is 6.25. The van der Waals surface area contributed by atoms with Crippen LogP contribution in [0.15, 0.2) is 65.2 Å². The highest BCUT2D eigenvalue weighted by atomic mass is 32.2. The van der Waals surface area contributed by atoms with Crippen LogP contribution in [-0.4, -0.2) is 47.4 Å². The van der Waals surface area contributed by atoms with Crippen molar-refractivity contribution < 1.29 is 27.4 Å². The maximum Gasteiger partial charge on any atom is 0.303 e. The van der Waals surface area contributed by atoms with Gasteiger partial charge in [-0.1, -0.05) is 51.0 Å². The van der Waals surface area contributed by atoms with E-state index in [0.717, 1.165) is 49.2 Å². The molecule has 226 valence electrons. The monoisotopic (exact) mass is 593 g/mol. The van der Waals surface area contributed by atoms with Crippen molar-refractivity contribution in [3.8, 4) is 0 Å². The lowest BCUT2D eigenvalue weighted by Gasteiger charge is -2.27. The van der Waals surface area contributed by atoms with Crippen molar-refractivity contribution >= 4 is 33.2 Å². The summed E-state index contributed by atoms with van der Waals surface area (Å²) in [5.41, 5.74) is 7.20. The highest BCUT2D eigenvalue weighted by molar-refractivity contribution is 7.85. The maximum absolute atomic E-state index is 12.0. The SMILES string of the molecule is CCCCN1C(=CC=CC2=[N+](CCCCCC(=O)O)c3ccc(S(=O)(=O)O)cc3C2(C)C)C(C)(C)c2cc(C)ccc21. The zero-order valence-corrected chi connectivity index (χ0v) is 26.6. The van der Waals surface area contributed by atoms with Gasteiger partial charge in [0.2, 0.25) is 5.69 Å². The zero-order valence-electron chi connectivity index (χ0n) is 25.8. The minimum absolute atomic E-state index is 0.115. The van der Waals surface area contributed by atoms with Gasteiger partial charge < -0.3 is 10.0 Å². The van der Waals surface area contributed by atoms with E-state index in [2.05, 4.69) is 87.4 Å². The number of allylic oxidation sites excluding steroid dienone is 4. The molecule has 2 aliphatic heterocycles. The highest BCUT2D eigenvalue weighted by Gasteiger charge is 2.45. The largest absolute Gasteiger partial charge is 0.481 e. The second-order valence-electron chi connectivity index (χ2n) is 12.6. The average Bonchev–Trinajstić information content (AvgIpc) is 3.25. The summed E-state index contributed by atoms with van der Waals surface area (Å²) in [6.07, 6.45) is 11.0. The molecule has 2 N–H and O–H groups in total. The second-order valence-corrected chi connectivity index (χ2v) is 14.0. The first kappa shape index (κ1) is 31.7. The van der Waals surface area contributed by atoms with Gasteiger partial charge in [0.05, 0.1) is 10.3 Å². The summed E-state index contributed by atoms with van der Waals surface area (Å²) in [6.45, 7) is 14.7. The smallest absolute Gasteiger partial charge is 0.303 e. The molecule has 42 heavy (non-hydrogen) atoms. The van der Waals surface area contributed by atoms with Crippen LogP contribution >= 0.6 is 0 Å². The highest BCUT2D eigenvalue weighted by Crippen LogP contribution is 2.48. The Morgan fingerprint density at radius 1 is 0.976 bits per heavy atom. The third-order valence-electron chi connectivity index (χ3n) is 8.72. The first-order valence-corrected chi connectivity index (χ1v) is 16.4. The van der Waals surface area contributed by atoms with Gasteiger partial charge in [0.25, 0.3) is 10.1 Å². The first-order chi connectivity index (χ1) is 19.7. The number of hydrogen-bond donors (Lipinski definition) is 2. The van der Waals surface area contributed by atoms with Gasteiger partial charge >= 0.3 is 5.97 Å². The molecule has 0 radical (unpaired) electrons. The van der Waals surface area contributed by atoms with Crippen LogP contribution < -0.4 is 4.90 Å². The number of carbonyl (C=O) groups is 1. The Morgan fingerprint density at radius 2 is 1.71 bits per heavy atom. The molecular formula is C34H45N2O5S+. The molecule has 0 bridgehead atoms. The molecule has 7 nitrogen and oxygen atoms in total. The number of hydrogen-bond acceptors (Lipinski definition) is 4. The molecule has 0 spiro atoms. The topological polar surface area (TPSA) is 97.9 Å². The standard InChI is InChI=1S/C34H44N2O5S/c1-7-8-20-35-28-18-16-24(2)22-26(28)33(3,4)30(35)13-12-14-31-34(5,6)27-23-25(42(39,40)41)17-19-29(27)36(31)21-11-9-10-15-32(37)38/h12-14,16-19,22-23H,7-11,15,20-21H2,1-6H3,(H-,37,38,39,40,41)/p+1. The number of carboxylic acid groups (broad SMARTS) is 1. The van der Waals surface area contributed by atoms with Crippen LogP contribution in [0.5, 0.6) is 0 Å². The number of unbranched alkanes of at least 4 members (excludes halogenated alkanes) is 3. The van der Waals surface area contributed by atoms with Crippen molar-refractivity contribution in [2.24, 2.45) is 0 Å². The van der Waals surface area contributed by atoms with Gasteiger partial charge in [0.15, 0.2) is 5.71 Å². The molecule has 8 heteroatoms. The van der Waals surface area contributed by atoms with Gasteiger partial charge in [-0.3, -0.25) is 9.35 Å². The number of aryl methyl sites for hydroxylation is 1. The summed E-state index contributed by atoms with van der Waals surface area (Å²) in [7, 11) is -4.34. The summed E-state index contributed by atoms with van der Waals surface area (Å²) >= 11 is 0. The van der Waals surface area contributed by atoms with E-state index in [4.69, 9.17) is 5.11 Å². The summed E-state index contributed by atoms with van der Waals surface area (Å²) in [6, 6.07) is 11.5. The van der Waals surface area contributed by atoms with Gasteiger partial charge in [0, 0.05) is 53.9 Å². The van der Waals surface area contributed by atoms with E-state index in [-0.39, 0.29) is 16.7 Å². The van der Waals surface area contributed by atoms with Gasteiger partial charge in [-0.25, -0.2) is 0 Å². The third-order valence-corrected chi connectivity index (χ3v) is 9.57. The number of anilines is 1. The molecule has 0 atom stereocenters. The van der Waals surface area contributed by atoms with E-state index in [1.54, 1.807) is 12.1 Å². The Hall–Kier alpha value is -3.23. The van der Waals surface area contributed by atoms with Crippen LogP contribution in [0, 0.1) is 6.92 Å². The van der Waals surface area contributed by atoms with Crippen molar-refractivity contribution in [1.82, 2.24) is 0 Å². The van der Waals surface area contributed by atoms with Crippen molar-refractivity contribution in [2.45, 2.75) is 95.8 Å². The number of nitrogens with zero attached hydrogens (tertiary/aromatic N) is 2. The van der Waals surface area contributed by atoms with Crippen LogP contribution in [-0.2, 0) is 25.7 Å². The van der Waals surface area contributed by atoms with Crippen LogP contribution in [0.1, 0.15) is 89.8 Å². The fourth-order valence-corrected chi connectivity index (χ4v) is 6.86. The van der Waals surface area contributed by atoms with E-state index in [1.165, 1.54) is 28.6 Å². The molecule has 2 aromatic rings. The lowest BCUT2D eigenvalue weighted by Crippen LogP contribution is -2.28. The summed E-state index contributed by atoms with van der Waals surface area (Å²) < 4.78 is 35.9. The van der Waals surface area contributed by atoms with E-state index in [9.17, 15) is 17.8 Å². The van der Waals surface area contributed by atoms with Gasteiger partial charge in [-0.2, -0.15) is 13.0 Å². The molecule has 0 saturated heterocycles. The van der Waals surface area contributed by atoms with Crippen molar-refractivity contribution in [2.75, 3.05) is 18.0 Å². The Balaban J connectivity index is 1.74. The van der Waals surface area contributed by atoms with Gasteiger partial charge in [0.1, 0.15) is 6.54 Å². The summed E-state index contributed by atoms with van der Waals surface area (Å²) in [5.74, 6) is -0.788. The number of aliphatic carboxylic acids is 1. The van der Waals surface area contributed by atoms with Crippen LogP contribution in [0.25, 0.3) is 0 Å². The second kappa shape index (κ2) is 12.2. The van der Waals surface area contributed by atoms with Gasteiger partial charge in [-0.05, 0) is 69.9 Å². The van der Waals surface area contributed by atoms with E-state index in [1.807, 2.05) is 0 Å². The summed E-state index contributed by atoms with van der Waals surface area (Å²) in [4.78, 5) is 13.3. The fourth-order valence-electron chi connectivity index (χ4n) is 6.36. The average molecular weight is 594 g/mol. The van der Waals surface area contributed by atoms with Crippen molar-refractivity contribution in [3.05, 3.63) is 77.0 Å². The van der Waals surface area contributed by atoms with Crippen LogP contribution in [0.4, 0.5) is 11.4 Å². The summed E-state index contributed by atoms with van der Waals surface area (Å²) in [5, 5.41) is 9.02. The van der Waals surface area contributed by atoms with Crippen LogP contribution in [0.2, 0.25) is 0 Å². The number of rotatable bonds is 12. The van der Waals surface area contributed by atoms with E-state index in [0.29, 0.717) is 13.0 Å². The Bertz CT molecular complexity index is 1560. The molecule has 2 heterocycles. The zero-order chi connectivity index (χ0) is 30.9. The Morgan fingerprint density at radius 3 is 2.38 bits per heavy atom. The minimum atomic E-state index is -4.34. The first-order valence-electron chi connectivity index (χ1n) is 15.0. The van der Waals surface area contributed by atoms with E-state index >= 15 is 0 Å². The Kier molecular flexibility index (Phi) is 9.19. The minimum Gasteiger partial charge on any atom is -0.481 e. The quantitative estimate of drug-likeness (QED) is 0.152. The fraction of sp³-hybridized carbons (Fsp3) is 0.471. The lowest BCUT2D eigenvalue weighted by atomic mass is 9.81. The molecule has 0 saturated carbocycles. The molecule has 0 aromatic heterocycles. The molecule has 4 rings (SSSR count). The number of benzene rings is 2.